The fraction of sp³-hybridized carbons (Fsp3) is 0.333. The van der Waals surface area contributed by atoms with E-state index in [-0.39, 0.29) is 5.56 Å². The Hall–Kier alpha value is -1.86. The van der Waals surface area contributed by atoms with Crippen molar-refractivity contribution in [2.45, 2.75) is 18.4 Å². The van der Waals surface area contributed by atoms with Crippen LogP contribution in [0.15, 0.2) is 24.5 Å². The molecule has 1 fully saturated rings. The van der Waals surface area contributed by atoms with Crippen molar-refractivity contribution in [2.75, 3.05) is 18.0 Å². The summed E-state index contributed by atoms with van der Waals surface area (Å²) in [5, 5.41) is 0.317. The van der Waals surface area contributed by atoms with Gasteiger partial charge in [0.25, 0.3) is 0 Å². The summed E-state index contributed by atoms with van der Waals surface area (Å²) in [6.07, 6.45) is 1.84. The highest BCUT2D eigenvalue weighted by molar-refractivity contribution is 6.29. The van der Waals surface area contributed by atoms with Gasteiger partial charge in [0.05, 0.1) is 0 Å². The van der Waals surface area contributed by atoms with Gasteiger partial charge in [-0.1, -0.05) is 11.6 Å². The Bertz CT molecular complexity index is 728. The zero-order valence-electron chi connectivity index (χ0n) is 12.0. The third-order valence-corrected chi connectivity index (χ3v) is 4.25. The molecule has 1 aromatic heterocycles. The van der Waals surface area contributed by atoms with Crippen molar-refractivity contribution in [1.29, 1.82) is 0 Å². The van der Waals surface area contributed by atoms with E-state index in [0.29, 0.717) is 36.5 Å². The molecular weight excluding hydrogens is 329 g/mol. The number of halogens is 4. The summed E-state index contributed by atoms with van der Waals surface area (Å²) in [4.78, 5) is 9.85. The van der Waals surface area contributed by atoms with Crippen LogP contribution in [0, 0.1) is 17.5 Å². The largest absolute Gasteiger partial charge is 0.355 e. The minimum absolute atomic E-state index is 0.108. The first-order valence-corrected chi connectivity index (χ1v) is 7.46. The van der Waals surface area contributed by atoms with E-state index in [0.717, 1.165) is 6.07 Å². The maximum Gasteiger partial charge on any atom is 0.161 e. The Balaban J connectivity index is 1.80. The molecule has 8 heteroatoms. The van der Waals surface area contributed by atoms with Gasteiger partial charge in [-0.15, -0.1) is 0 Å². The molecule has 4 nitrogen and oxygen atoms in total. The van der Waals surface area contributed by atoms with Gasteiger partial charge in [0.1, 0.15) is 23.1 Å². The molecule has 122 valence electrons. The zero-order valence-corrected chi connectivity index (χ0v) is 12.8. The van der Waals surface area contributed by atoms with Crippen molar-refractivity contribution < 1.29 is 13.2 Å². The third-order valence-electron chi connectivity index (χ3n) is 4.04. The molecular formula is C15H14ClF3N4. The molecule has 0 aliphatic carbocycles. The Morgan fingerprint density at radius 2 is 1.83 bits per heavy atom. The van der Waals surface area contributed by atoms with Crippen LogP contribution in [0.2, 0.25) is 5.15 Å². The Morgan fingerprint density at radius 1 is 1.09 bits per heavy atom. The van der Waals surface area contributed by atoms with Crippen LogP contribution < -0.4 is 10.6 Å². The molecule has 1 aliphatic rings. The van der Waals surface area contributed by atoms with Crippen LogP contribution in [-0.2, 0) is 0 Å². The van der Waals surface area contributed by atoms with Crippen molar-refractivity contribution in [3.8, 4) is 0 Å². The second-order valence-electron chi connectivity index (χ2n) is 5.49. The van der Waals surface area contributed by atoms with Gasteiger partial charge in [-0.3, -0.25) is 0 Å². The summed E-state index contributed by atoms with van der Waals surface area (Å²) in [6, 6.07) is 2.63. The lowest BCUT2D eigenvalue weighted by molar-refractivity contribution is 0.416. The van der Waals surface area contributed by atoms with Crippen molar-refractivity contribution in [2.24, 2.45) is 5.73 Å². The highest BCUT2D eigenvalue weighted by atomic mass is 35.5. The molecule has 23 heavy (non-hydrogen) atoms. The second kappa shape index (κ2) is 6.33. The highest BCUT2D eigenvalue weighted by Gasteiger charge is 2.31. The lowest BCUT2D eigenvalue weighted by Gasteiger charge is -2.37. The molecule has 0 saturated carbocycles. The topological polar surface area (TPSA) is 55.0 Å². The first kappa shape index (κ1) is 16.0. The number of hydrogen-bond acceptors (Lipinski definition) is 4. The van der Waals surface area contributed by atoms with Crippen LogP contribution in [0.3, 0.4) is 0 Å². The van der Waals surface area contributed by atoms with Gasteiger partial charge in [-0.25, -0.2) is 23.1 Å². The Labute approximate surface area is 136 Å². The molecule has 2 aromatic rings. The molecule has 2 heterocycles. The molecule has 3 rings (SSSR count). The lowest BCUT2D eigenvalue weighted by atomic mass is 9.85. The molecule has 0 amide bonds. The number of nitrogens with zero attached hydrogens (tertiary/aromatic N) is 3. The zero-order chi connectivity index (χ0) is 16.6. The molecule has 2 N–H and O–H groups in total. The maximum absolute atomic E-state index is 13.9. The van der Waals surface area contributed by atoms with Crippen LogP contribution in [0.25, 0.3) is 0 Å². The summed E-state index contributed by atoms with van der Waals surface area (Å²) in [7, 11) is 0. The molecule has 1 aromatic carbocycles. The second-order valence-corrected chi connectivity index (χ2v) is 5.88. The van der Waals surface area contributed by atoms with Gasteiger partial charge in [-0.2, -0.15) is 0 Å². The minimum atomic E-state index is -1.20. The first-order chi connectivity index (χ1) is 11.0. The van der Waals surface area contributed by atoms with Gasteiger partial charge in [-0.05, 0) is 18.1 Å². The standard InChI is InChI=1S/C15H14ClF3N4/c16-14-5-15(22-7-21-14)23-2-1-8(13(20)6-23)9-3-11(18)12(19)4-10(9)17/h3-5,7-8,13H,1-2,6,20H2/t8-,13+/m1/s1. The van der Waals surface area contributed by atoms with Crippen molar-refractivity contribution in [3.05, 3.63) is 52.7 Å². The smallest absolute Gasteiger partial charge is 0.161 e. The van der Waals surface area contributed by atoms with Gasteiger partial charge in [0.15, 0.2) is 11.6 Å². The van der Waals surface area contributed by atoms with E-state index >= 15 is 0 Å². The quantitative estimate of drug-likeness (QED) is 0.673. The summed E-state index contributed by atoms with van der Waals surface area (Å²) in [5.74, 6) is -2.81. The van der Waals surface area contributed by atoms with Gasteiger partial charge >= 0.3 is 0 Å². The van der Waals surface area contributed by atoms with Gasteiger partial charge in [0, 0.05) is 37.2 Å². The summed E-state index contributed by atoms with van der Waals surface area (Å²) < 4.78 is 40.4. The van der Waals surface area contributed by atoms with Crippen molar-refractivity contribution in [3.63, 3.8) is 0 Å². The fourth-order valence-corrected chi connectivity index (χ4v) is 3.04. The number of hydrogen-bond donors (Lipinski definition) is 1. The summed E-state index contributed by atoms with van der Waals surface area (Å²) in [6.45, 7) is 0.945. The number of benzene rings is 1. The van der Waals surface area contributed by atoms with E-state index in [9.17, 15) is 13.2 Å². The number of aromatic nitrogens is 2. The van der Waals surface area contributed by atoms with Crippen LogP contribution in [0.4, 0.5) is 19.0 Å². The van der Waals surface area contributed by atoms with Crippen LogP contribution in [-0.4, -0.2) is 29.1 Å². The SMILES string of the molecule is N[C@H]1CN(c2cc(Cl)ncn2)CC[C@@H]1c1cc(F)c(F)cc1F. The highest BCUT2D eigenvalue weighted by Crippen LogP contribution is 2.32. The monoisotopic (exact) mass is 342 g/mol. The van der Waals surface area contributed by atoms with Crippen LogP contribution in [0.1, 0.15) is 17.9 Å². The van der Waals surface area contributed by atoms with E-state index in [1.165, 1.54) is 6.33 Å². The van der Waals surface area contributed by atoms with Crippen molar-refractivity contribution >= 4 is 17.4 Å². The molecule has 0 bridgehead atoms. The van der Waals surface area contributed by atoms with Crippen LogP contribution >= 0.6 is 11.6 Å². The molecule has 2 atom stereocenters. The Morgan fingerprint density at radius 3 is 2.52 bits per heavy atom. The summed E-state index contributed by atoms with van der Waals surface area (Å²) >= 11 is 5.84. The predicted octanol–water partition coefficient (Wildman–Crippen LogP) is 2.87. The molecule has 1 aliphatic heterocycles. The molecule has 0 spiro atoms. The lowest BCUT2D eigenvalue weighted by Crippen LogP contribution is -2.48. The van der Waals surface area contributed by atoms with Crippen molar-refractivity contribution in [1.82, 2.24) is 9.97 Å². The van der Waals surface area contributed by atoms with E-state index in [4.69, 9.17) is 17.3 Å². The fourth-order valence-electron chi connectivity index (χ4n) is 2.90. The van der Waals surface area contributed by atoms with E-state index < -0.39 is 29.4 Å². The number of anilines is 1. The summed E-state index contributed by atoms with van der Waals surface area (Å²) in [5.41, 5.74) is 6.24. The van der Waals surface area contributed by atoms with E-state index in [2.05, 4.69) is 9.97 Å². The molecule has 0 unspecified atom stereocenters. The Kier molecular flexibility index (Phi) is 4.41. The van der Waals surface area contributed by atoms with Gasteiger partial charge < -0.3 is 10.6 Å². The number of rotatable bonds is 2. The van der Waals surface area contributed by atoms with Crippen LogP contribution in [0.5, 0.6) is 0 Å². The van der Waals surface area contributed by atoms with E-state index in [1.807, 2.05) is 4.90 Å². The van der Waals surface area contributed by atoms with E-state index in [1.54, 1.807) is 6.07 Å². The number of piperidine rings is 1. The minimum Gasteiger partial charge on any atom is -0.355 e. The average Bonchev–Trinajstić information content (AvgIpc) is 2.51. The maximum atomic E-state index is 13.9. The third kappa shape index (κ3) is 3.25. The predicted molar refractivity (Wildman–Crippen MR) is 80.9 cm³/mol. The molecule has 0 radical (unpaired) electrons. The van der Waals surface area contributed by atoms with Gasteiger partial charge in [0.2, 0.25) is 0 Å². The number of nitrogens with two attached hydrogens (primary N) is 1. The normalized spacial score (nSPS) is 21.5. The molecule has 1 saturated heterocycles. The average molecular weight is 343 g/mol. The first-order valence-electron chi connectivity index (χ1n) is 7.08.